The average Bonchev–Trinajstić information content (AvgIpc) is 3.50. The molecule has 2 aromatic heterocycles. The molecule has 0 aliphatic carbocycles. The number of fused-ring (bicyclic) bond motifs is 1. The summed E-state index contributed by atoms with van der Waals surface area (Å²) >= 11 is 0. The highest BCUT2D eigenvalue weighted by Gasteiger charge is 2.30. The molecule has 1 amide bonds. The van der Waals surface area contributed by atoms with E-state index >= 15 is 0 Å². The Hall–Kier alpha value is -3.35. The average molecular weight is 487 g/mol. The van der Waals surface area contributed by atoms with Gasteiger partial charge in [0.15, 0.2) is 5.65 Å². The molecule has 190 valence electrons. The zero-order valence-electron chi connectivity index (χ0n) is 22.0. The van der Waals surface area contributed by atoms with Crippen molar-refractivity contribution in [2.24, 2.45) is 5.92 Å². The van der Waals surface area contributed by atoms with Crippen LogP contribution in [0.15, 0.2) is 37.0 Å². The molecule has 2 fully saturated rings. The highest BCUT2D eigenvalue weighted by molar-refractivity contribution is 5.92. The summed E-state index contributed by atoms with van der Waals surface area (Å²) in [5.41, 5.74) is 6.93. The normalized spacial score (nSPS) is 20.2. The van der Waals surface area contributed by atoms with Gasteiger partial charge in [-0.05, 0) is 57.6 Å². The lowest BCUT2D eigenvalue weighted by molar-refractivity contribution is -0.114. The van der Waals surface area contributed by atoms with Gasteiger partial charge in [0.05, 0.1) is 17.4 Å². The van der Waals surface area contributed by atoms with Crippen LogP contribution in [-0.4, -0.2) is 45.0 Å². The third kappa shape index (κ3) is 4.71. The van der Waals surface area contributed by atoms with Gasteiger partial charge in [-0.15, -0.1) is 0 Å². The molecule has 2 aliphatic heterocycles. The van der Waals surface area contributed by atoms with Gasteiger partial charge < -0.3 is 15.1 Å². The number of hydrogen-bond acceptors (Lipinski definition) is 5. The molecule has 0 spiro atoms. The highest BCUT2D eigenvalue weighted by Crippen LogP contribution is 2.38. The lowest BCUT2D eigenvalue weighted by Crippen LogP contribution is -2.32. The van der Waals surface area contributed by atoms with Crippen LogP contribution in [0.3, 0.4) is 0 Å². The summed E-state index contributed by atoms with van der Waals surface area (Å²) in [5.74, 6) is 1.77. The number of carbonyl (C=O) groups excluding carboxylic acids is 1. The lowest BCUT2D eigenvalue weighted by atomic mass is 9.96. The lowest BCUT2D eigenvalue weighted by Gasteiger charge is -2.38. The maximum Gasteiger partial charge on any atom is 0.221 e. The quantitative estimate of drug-likeness (QED) is 0.481. The Morgan fingerprint density at radius 2 is 2.00 bits per heavy atom. The first-order chi connectivity index (χ1) is 17.3. The maximum atomic E-state index is 11.8. The fourth-order valence-corrected chi connectivity index (χ4v) is 5.77. The molecule has 0 saturated carbocycles. The summed E-state index contributed by atoms with van der Waals surface area (Å²) in [6.07, 6.45) is 7.86. The molecule has 3 aromatic rings. The van der Waals surface area contributed by atoms with E-state index in [1.165, 1.54) is 18.4 Å². The zero-order valence-corrected chi connectivity index (χ0v) is 22.0. The predicted molar refractivity (Wildman–Crippen MR) is 146 cm³/mol. The van der Waals surface area contributed by atoms with Crippen LogP contribution < -0.4 is 10.2 Å². The molecule has 36 heavy (non-hydrogen) atoms. The summed E-state index contributed by atoms with van der Waals surface area (Å²) < 4.78 is 1.94. The number of rotatable bonds is 6. The van der Waals surface area contributed by atoms with E-state index in [2.05, 4.69) is 60.8 Å². The van der Waals surface area contributed by atoms with Gasteiger partial charge in [-0.2, -0.15) is 5.10 Å². The third-order valence-corrected chi connectivity index (χ3v) is 7.77. The van der Waals surface area contributed by atoms with Crippen molar-refractivity contribution in [3.05, 3.63) is 59.4 Å². The smallest absolute Gasteiger partial charge is 0.221 e. The van der Waals surface area contributed by atoms with Crippen molar-refractivity contribution in [2.75, 3.05) is 29.9 Å². The Morgan fingerprint density at radius 1 is 1.17 bits per heavy atom. The monoisotopic (exact) mass is 486 g/mol. The largest absolute Gasteiger partial charge is 0.363 e. The van der Waals surface area contributed by atoms with Crippen molar-refractivity contribution in [3.8, 4) is 0 Å². The van der Waals surface area contributed by atoms with Gasteiger partial charge in [0.1, 0.15) is 5.82 Å². The Bertz CT molecular complexity index is 1290. The second-order valence-corrected chi connectivity index (χ2v) is 10.5. The van der Waals surface area contributed by atoms with E-state index in [0.717, 1.165) is 84.5 Å². The second kappa shape index (κ2) is 9.96. The SMILES string of the molecule is C=C(c1cc(C)ccc1NC(C)=O)N1CCCC[C@H]1c1cc2nc(N3CC[C@H](CC)C3)c(C)cn2n1. The van der Waals surface area contributed by atoms with Crippen LogP contribution in [0.4, 0.5) is 11.5 Å². The van der Waals surface area contributed by atoms with Crippen molar-refractivity contribution < 1.29 is 4.79 Å². The number of nitrogens with one attached hydrogen (secondary N) is 1. The van der Waals surface area contributed by atoms with Crippen molar-refractivity contribution in [1.82, 2.24) is 19.5 Å². The number of benzene rings is 1. The van der Waals surface area contributed by atoms with E-state index in [9.17, 15) is 4.79 Å². The number of hydrogen-bond donors (Lipinski definition) is 1. The first kappa shape index (κ1) is 24.3. The molecule has 4 heterocycles. The number of anilines is 2. The number of aromatic nitrogens is 3. The van der Waals surface area contributed by atoms with E-state index < -0.39 is 0 Å². The predicted octanol–water partition coefficient (Wildman–Crippen LogP) is 5.74. The number of piperidine rings is 1. The Balaban J connectivity index is 1.46. The first-order valence-electron chi connectivity index (χ1n) is 13.3. The van der Waals surface area contributed by atoms with Crippen molar-refractivity contribution in [1.29, 1.82) is 0 Å². The van der Waals surface area contributed by atoms with Crippen LogP contribution >= 0.6 is 0 Å². The molecule has 0 bridgehead atoms. The van der Waals surface area contributed by atoms with Crippen LogP contribution in [0.2, 0.25) is 0 Å². The van der Waals surface area contributed by atoms with Crippen molar-refractivity contribution in [3.63, 3.8) is 0 Å². The minimum atomic E-state index is -0.0797. The van der Waals surface area contributed by atoms with Crippen LogP contribution in [0.25, 0.3) is 11.3 Å². The summed E-state index contributed by atoms with van der Waals surface area (Å²) in [5, 5.41) is 7.98. The molecular formula is C29H38N6O. The second-order valence-electron chi connectivity index (χ2n) is 10.5. The Morgan fingerprint density at radius 3 is 2.75 bits per heavy atom. The third-order valence-electron chi connectivity index (χ3n) is 7.77. The molecule has 1 aromatic carbocycles. The Labute approximate surface area is 214 Å². The van der Waals surface area contributed by atoms with Crippen LogP contribution in [0.5, 0.6) is 0 Å². The molecule has 5 rings (SSSR count). The zero-order chi connectivity index (χ0) is 25.4. The van der Waals surface area contributed by atoms with Gasteiger partial charge in [0.25, 0.3) is 0 Å². The van der Waals surface area contributed by atoms with Gasteiger partial charge in [-0.1, -0.05) is 31.6 Å². The molecule has 2 aliphatic rings. The molecular weight excluding hydrogens is 448 g/mol. The highest BCUT2D eigenvalue weighted by atomic mass is 16.1. The molecule has 0 radical (unpaired) electrons. The Kier molecular flexibility index (Phi) is 6.73. The topological polar surface area (TPSA) is 65.8 Å². The summed E-state index contributed by atoms with van der Waals surface area (Å²) in [7, 11) is 0. The number of nitrogens with zero attached hydrogens (tertiary/aromatic N) is 5. The number of likely N-dealkylation sites (tertiary alicyclic amines) is 1. The molecule has 0 unspecified atom stereocenters. The fraction of sp³-hybridized carbons (Fsp3) is 0.483. The van der Waals surface area contributed by atoms with Crippen LogP contribution in [-0.2, 0) is 4.79 Å². The molecule has 7 heteroatoms. The van der Waals surface area contributed by atoms with E-state index in [-0.39, 0.29) is 11.9 Å². The van der Waals surface area contributed by atoms with Crippen LogP contribution in [0.1, 0.15) is 74.4 Å². The van der Waals surface area contributed by atoms with Crippen molar-refractivity contribution >= 4 is 28.8 Å². The van der Waals surface area contributed by atoms with E-state index in [0.29, 0.717) is 0 Å². The number of amides is 1. The standard InChI is InChI=1S/C29H38N6O/c1-6-23-12-14-33(18-23)29-20(3)17-35-28(31-29)16-26(32-35)27-9-7-8-13-34(27)21(4)24-15-19(2)10-11-25(24)30-22(5)36/h10-11,15-17,23,27H,4,6-9,12-14,18H2,1-3,5H3,(H,30,36)/t23-,27-/m0/s1. The molecule has 2 saturated heterocycles. The summed E-state index contributed by atoms with van der Waals surface area (Å²) in [6, 6.07) is 8.37. The van der Waals surface area contributed by atoms with Gasteiger partial charge in [-0.3, -0.25) is 4.79 Å². The fourth-order valence-electron chi connectivity index (χ4n) is 5.77. The number of aryl methyl sites for hydroxylation is 2. The first-order valence-corrected chi connectivity index (χ1v) is 13.3. The van der Waals surface area contributed by atoms with Gasteiger partial charge in [0.2, 0.25) is 5.91 Å². The minimum Gasteiger partial charge on any atom is -0.363 e. The van der Waals surface area contributed by atoms with Gasteiger partial charge >= 0.3 is 0 Å². The molecule has 2 atom stereocenters. The maximum absolute atomic E-state index is 11.8. The summed E-state index contributed by atoms with van der Waals surface area (Å²) in [4.78, 5) is 21.7. The van der Waals surface area contributed by atoms with Crippen LogP contribution in [0, 0.1) is 19.8 Å². The van der Waals surface area contributed by atoms with Crippen molar-refractivity contribution in [2.45, 2.75) is 65.8 Å². The van der Waals surface area contributed by atoms with E-state index in [1.54, 1.807) is 6.92 Å². The van der Waals surface area contributed by atoms with E-state index in [4.69, 9.17) is 10.1 Å². The van der Waals surface area contributed by atoms with Gasteiger partial charge in [-0.25, -0.2) is 9.50 Å². The molecule has 7 nitrogen and oxygen atoms in total. The molecule has 1 N–H and O–H groups in total. The number of carbonyl (C=O) groups is 1. The summed E-state index contributed by atoms with van der Waals surface area (Å²) in [6.45, 7) is 15.6. The van der Waals surface area contributed by atoms with E-state index in [1.807, 2.05) is 16.6 Å². The minimum absolute atomic E-state index is 0.0797. The van der Waals surface area contributed by atoms with Gasteiger partial charge in [0, 0.05) is 55.6 Å².